The minimum Gasteiger partial charge on any atom is -0.361 e. The van der Waals surface area contributed by atoms with Crippen LogP contribution < -0.4 is 5.32 Å². The first-order valence-corrected chi connectivity index (χ1v) is 10.4. The van der Waals surface area contributed by atoms with Crippen LogP contribution in [0.3, 0.4) is 0 Å². The van der Waals surface area contributed by atoms with Gasteiger partial charge in [0, 0.05) is 38.4 Å². The number of aromatic nitrogens is 3. The molecule has 0 aromatic carbocycles. The van der Waals surface area contributed by atoms with Gasteiger partial charge in [0.2, 0.25) is 15.9 Å². The summed E-state index contributed by atoms with van der Waals surface area (Å²) in [7, 11) is -1.86. The Hall–Kier alpha value is -2.20. The van der Waals surface area contributed by atoms with Crippen molar-refractivity contribution in [1.29, 1.82) is 0 Å². The standard InChI is InChI=1S/C17H25N5O4S/c1-12-16(13(2)26-20-12)7-17(23)18-8-14-5-4-6-22(10-14)27(24,25)15-9-19-21(3)11-15/h9,11,14H,4-8,10H2,1-3H3,(H,18,23). The van der Waals surface area contributed by atoms with Crippen LogP contribution >= 0.6 is 0 Å². The minimum atomic E-state index is -3.55. The zero-order valence-electron chi connectivity index (χ0n) is 15.8. The van der Waals surface area contributed by atoms with Gasteiger partial charge in [-0.1, -0.05) is 5.16 Å². The number of nitrogens with one attached hydrogen (secondary N) is 1. The van der Waals surface area contributed by atoms with E-state index in [4.69, 9.17) is 4.52 Å². The van der Waals surface area contributed by atoms with Gasteiger partial charge in [-0.05, 0) is 32.6 Å². The summed E-state index contributed by atoms with van der Waals surface area (Å²) in [6.07, 6.45) is 4.73. The minimum absolute atomic E-state index is 0.0822. The molecule has 1 amide bonds. The molecule has 1 N–H and O–H groups in total. The zero-order valence-corrected chi connectivity index (χ0v) is 16.6. The van der Waals surface area contributed by atoms with Crippen LogP contribution in [0, 0.1) is 19.8 Å². The van der Waals surface area contributed by atoms with Crippen molar-refractivity contribution in [3.8, 4) is 0 Å². The fraction of sp³-hybridized carbons (Fsp3) is 0.588. The Labute approximate surface area is 158 Å². The van der Waals surface area contributed by atoms with E-state index in [-0.39, 0.29) is 23.1 Å². The van der Waals surface area contributed by atoms with Gasteiger partial charge >= 0.3 is 0 Å². The molecule has 2 aromatic rings. The van der Waals surface area contributed by atoms with Crippen LogP contribution in [0.25, 0.3) is 0 Å². The average molecular weight is 395 g/mol. The van der Waals surface area contributed by atoms with Crippen LogP contribution in [-0.4, -0.2) is 53.2 Å². The molecule has 3 heterocycles. The molecule has 0 radical (unpaired) electrons. The van der Waals surface area contributed by atoms with E-state index >= 15 is 0 Å². The predicted molar refractivity (Wildman–Crippen MR) is 97.4 cm³/mol. The molecule has 27 heavy (non-hydrogen) atoms. The van der Waals surface area contributed by atoms with Gasteiger partial charge in [0.1, 0.15) is 10.7 Å². The second-order valence-corrected chi connectivity index (χ2v) is 8.94. The number of sulfonamides is 1. The molecule has 1 aliphatic rings. The van der Waals surface area contributed by atoms with Crippen LogP contribution in [0.4, 0.5) is 0 Å². The monoisotopic (exact) mass is 395 g/mol. The first kappa shape index (κ1) is 19.6. The molecule has 1 unspecified atom stereocenters. The molecule has 9 nitrogen and oxygen atoms in total. The zero-order chi connectivity index (χ0) is 19.6. The average Bonchev–Trinajstić information content (AvgIpc) is 3.21. The van der Waals surface area contributed by atoms with E-state index in [1.54, 1.807) is 20.9 Å². The predicted octanol–water partition coefficient (Wildman–Crippen LogP) is 0.785. The van der Waals surface area contributed by atoms with Crippen molar-refractivity contribution in [2.75, 3.05) is 19.6 Å². The van der Waals surface area contributed by atoms with Crippen molar-refractivity contribution in [3.63, 3.8) is 0 Å². The Morgan fingerprint density at radius 2 is 2.19 bits per heavy atom. The van der Waals surface area contributed by atoms with Crippen LogP contribution in [0.15, 0.2) is 21.8 Å². The molecule has 0 saturated carbocycles. The topological polar surface area (TPSA) is 110 Å². The molecular weight excluding hydrogens is 370 g/mol. The number of aryl methyl sites for hydroxylation is 3. The second-order valence-electron chi connectivity index (χ2n) is 7.00. The molecule has 10 heteroatoms. The van der Waals surface area contributed by atoms with E-state index < -0.39 is 10.0 Å². The third-order valence-corrected chi connectivity index (χ3v) is 6.73. The SMILES string of the molecule is Cc1noc(C)c1CC(=O)NCC1CCCN(S(=O)(=O)c2cnn(C)c2)C1. The van der Waals surface area contributed by atoms with Crippen molar-refractivity contribution in [1.82, 2.24) is 24.6 Å². The second kappa shape index (κ2) is 7.81. The molecule has 2 aromatic heterocycles. The number of rotatable bonds is 6. The van der Waals surface area contributed by atoms with Gasteiger partial charge in [-0.2, -0.15) is 9.40 Å². The highest BCUT2D eigenvalue weighted by molar-refractivity contribution is 7.89. The smallest absolute Gasteiger partial charge is 0.246 e. The number of amides is 1. The maximum Gasteiger partial charge on any atom is 0.246 e. The van der Waals surface area contributed by atoms with E-state index in [0.717, 1.165) is 18.4 Å². The summed E-state index contributed by atoms with van der Waals surface area (Å²) in [5, 5.41) is 10.7. The fourth-order valence-corrected chi connectivity index (χ4v) is 4.87. The normalized spacial score (nSPS) is 18.6. The number of hydrogen-bond acceptors (Lipinski definition) is 6. The number of hydrogen-bond donors (Lipinski definition) is 1. The summed E-state index contributed by atoms with van der Waals surface area (Å²) in [5.41, 5.74) is 1.52. The van der Waals surface area contributed by atoms with Crippen LogP contribution in [0.2, 0.25) is 0 Å². The van der Waals surface area contributed by atoms with Gasteiger partial charge in [0.25, 0.3) is 0 Å². The van der Waals surface area contributed by atoms with Gasteiger partial charge in [-0.15, -0.1) is 0 Å². The molecule has 148 valence electrons. The Kier molecular flexibility index (Phi) is 5.66. The third-order valence-electron chi connectivity index (χ3n) is 4.91. The number of piperidine rings is 1. The lowest BCUT2D eigenvalue weighted by Gasteiger charge is -2.31. The Balaban J connectivity index is 1.56. The van der Waals surface area contributed by atoms with E-state index in [1.807, 2.05) is 0 Å². The first-order valence-electron chi connectivity index (χ1n) is 8.94. The van der Waals surface area contributed by atoms with Crippen molar-refractivity contribution in [3.05, 3.63) is 29.4 Å². The molecule has 1 saturated heterocycles. The van der Waals surface area contributed by atoms with E-state index in [9.17, 15) is 13.2 Å². The fourth-order valence-electron chi connectivity index (χ4n) is 3.33. The summed E-state index contributed by atoms with van der Waals surface area (Å²) in [6, 6.07) is 0. The third kappa shape index (κ3) is 4.38. The molecular formula is C17H25N5O4S. The summed E-state index contributed by atoms with van der Waals surface area (Å²) >= 11 is 0. The molecule has 1 atom stereocenters. The highest BCUT2D eigenvalue weighted by Gasteiger charge is 2.31. The van der Waals surface area contributed by atoms with Crippen molar-refractivity contribution in [2.24, 2.45) is 13.0 Å². The molecule has 0 spiro atoms. The van der Waals surface area contributed by atoms with Gasteiger partial charge in [-0.25, -0.2) is 8.42 Å². The van der Waals surface area contributed by atoms with Gasteiger partial charge < -0.3 is 9.84 Å². The summed E-state index contributed by atoms with van der Waals surface area (Å²) < 4.78 is 33.5. The van der Waals surface area contributed by atoms with E-state index in [1.165, 1.54) is 21.4 Å². The number of nitrogens with zero attached hydrogens (tertiary/aromatic N) is 4. The van der Waals surface area contributed by atoms with Crippen molar-refractivity contribution in [2.45, 2.75) is 38.0 Å². The summed E-state index contributed by atoms with van der Waals surface area (Å²) in [6.45, 7) is 4.91. The van der Waals surface area contributed by atoms with E-state index in [0.29, 0.717) is 31.1 Å². The Bertz CT molecular complexity index is 898. The largest absolute Gasteiger partial charge is 0.361 e. The number of carbonyl (C=O) groups is 1. The van der Waals surface area contributed by atoms with Crippen LogP contribution in [0.1, 0.15) is 29.9 Å². The molecule has 0 bridgehead atoms. The highest BCUT2D eigenvalue weighted by Crippen LogP contribution is 2.23. The number of carbonyl (C=O) groups excluding carboxylic acids is 1. The quantitative estimate of drug-likeness (QED) is 0.774. The maximum atomic E-state index is 12.7. The molecule has 1 fully saturated rings. The molecule has 0 aliphatic carbocycles. The van der Waals surface area contributed by atoms with Crippen molar-refractivity contribution < 1.29 is 17.7 Å². The molecule has 3 rings (SSSR count). The van der Waals surface area contributed by atoms with Crippen LogP contribution in [0.5, 0.6) is 0 Å². The van der Waals surface area contributed by atoms with Gasteiger partial charge in [-0.3, -0.25) is 9.48 Å². The Morgan fingerprint density at radius 3 is 2.81 bits per heavy atom. The lowest BCUT2D eigenvalue weighted by atomic mass is 9.99. The molecule has 1 aliphatic heterocycles. The maximum absolute atomic E-state index is 12.7. The Morgan fingerprint density at radius 1 is 1.41 bits per heavy atom. The summed E-state index contributed by atoms with van der Waals surface area (Å²) in [5.74, 6) is 0.615. The lowest BCUT2D eigenvalue weighted by molar-refractivity contribution is -0.120. The summed E-state index contributed by atoms with van der Waals surface area (Å²) in [4.78, 5) is 12.4. The lowest BCUT2D eigenvalue weighted by Crippen LogP contribution is -2.43. The first-order chi connectivity index (χ1) is 12.8. The van der Waals surface area contributed by atoms with Crippen LogP contribution in [-0.2, 0) is 28.3 Å². The van der Waals surface area contributed by atoms with Crippen molar-refractivity contribution >= 4 is 15.9 Å². The van der Waals surface area contributed by atoms with E-state index in [2.05, 4.69) is 15.6 Å². The van der Waals surface area contributed by atoms with Gasteiger partial charge in [0.15, 0.2) is 0 Å². The van der Waals surface area contributed by atoms with Gasteiger partial charge in [0.05, 0.1) is 18.3 Å². The highest BCUT2D eigenvalue weighted by atomic mass is 32.2.